The lowest BCUT2D eigenvalue weighted by Gasteiger charge is -2.18. The predicted octanol–water partition coefficient (Wildman–Crippen LogP) is 3.96. The van der Waals surface area contributed by atoms with Gasteiger partial charge in [-0.1, -0.05) is 18.2 Å². The highest BCUT2D eigenvalue weighted by Gasteiger charge is 2.38. The number of nitrogens with one attached hydrogen (secondary N) is 2. The molecule has 0 radical (unpaired) electrons. The third-order valence-corrected chi connectivity index (χ3v) is 3.33. The molecular formula is C15H11F4N5. The van der Waals surface area contributed by atoms with Gasteiger partial charge in [0.05, 0.1) is 17.4 Å². The molecule has 4 N–H and O–H groups in total. The average Bonchev–Trinajstić information content (AvgIpc) is 3.02. The molecule has 0 saturated carbocycles. The van der Waals surface area contributed by atoms with E-state index in [1.54, 1.807) is 0 Å². The maximum atomic E-state index is 14.1. The first-order valence-electron chi connectivity index (χ1n) is 6.74. The lowest BCUT2D eigenvalue weighted by molar-refractivity contribution is -0.136. The topological polar surface area (TPSA) is 79.6 Å². The molecule has 3 rings (SSSR count). The van der Waals surface area contributed by atoms with Gasteiger partial charge in [0.1, 0.15) is 5.82 Å². The minimum Gasteiger partial charge on any atom is -0.399 e. The number of anilines is 3. The number of nitrogens with zero attached hydrogens (tertiary/aromatic N) is 2. The Balaban J connectivity index is 2.21. The Morgan fingerprint density at radius 1 is 1.04 bits per heavy atom. The lowest BCUT2D eigenvalue weighted by atomic mass is 9.97. The zero-order valence-corrected chi connectivity index (χ0v) is 12.0. The van der Waals surface area contributed by atoms with Gasteiger partial charge in [-0.3, -0.25) is 0 Å². The van der Waals surface area contributed by atoms with E-state index in [1.807, 2.05) is 0 Å². The van der Waals surface area contributed by atoms with Gasteiger partial charge < -0.3 is 11.1 Å². The first-order valence-corrected chi connectivity index (χ1v) is 6.74. The lowest BCUT2D eigenvalue weighted by Crippen LogP contribution is -2.12. The molecule has 0 amide bonds. The number of nitrogens with two attached hydrogens (primary N) is 1. The van der Waals surface area contributed by atoms with Crippen molar-refractivity contribution in [2.75, 3.05) is 11.1 Å². The molecule has 0 fully saturated rings. The second kappa shape index (κ2) is 5.84. The fraction of sp³-hybridized carbons (Fsp3) is 0.0667. The standard InChI is InChI=1S/C15H11F4N5/c16-11-6-5-10(8-1-3-9(20)4-2-8)13(15(17,18)19)14(11)22-12-7-21-24-23-12/h1-7H,20H2,(H2,21,22,23,24). The summed E-state index contributed by atoms with van der Waals surface area (Å²) in [6.45, 7) is 0. The van der Waals surface area contributed by atoms with E-state index in [9.17, 15) is 17.6 Å². The van der Waals surface area contributed by atoms with Gasteiger partial charge in [0, 0.05) is 5.69 Å². The van der Waals surface area contributed by atoms with Crippen molar-refractivity contribution in [3.8, 4) is 11.1 Å². The molecule has 0 unspecified atom stereocenters. The van der Waals surface area contributed by atoms with E-state index in [2.05, 4.69) is 20.7 Å². The van der Waals surface area contributed by atoms with E-state index in [0.717, 1.165) is 18.3 Å². The molecule has 2 aromatic carbocycles. The highest BCUT2D eigenvalue weighted by atomic mass is 19.4. The summed E-state index contributed by atoms with van der Waals surface area (Å²) in [7, 11) is 0. The molecule has 5 nitrogen and oxygen atoms in total. The molecular weight excluding hydrogens is 326 g/mol. The average molecular weight is 337 g/mol. The summed E-state index contributed by atoms with van der Waals surface area (Å²) < 4.78 is 54.9. The number of H-pyrrole nitrogens is 1. The van der Waals surface area contributed by atoms with Crippen molar-refractivity contribution >= 4 is 17.2 Å². The fourth-order valence-electron chi connectivity index (χ4n) is 2.29. The van der Waals surface area contributed by atoms with Crippen LogP contribution in [0.1, 0.15) is 5.56 Å². The molecule has 0 atom stereocenters. The predicted molar refractivity (Wildman–Crippen MR) is 80.9 cm³/mol. The molecule has 3 aromatic rings. The van der Waals surface area contributed by atoms with Crippen LogP contribution in [-0.2, 0) is 6.18 Å². The zero-order valence-electron chi connectivity index (χ0n) is 12.0. The number of hydrogen-bond acceptors (Lipinski definition) is 4. The number of hydrogen-bond donors (Lipinski definition) is 3. The quantitative estimate of drug-likeness (QED) is 0.499. The first-order chi connectivity index (χ1) is 11.4. The number of halogens is 4. The number of aromatic amines is 1. The minimum absolute atomic E-state index is 0.0335. The highest BCUT2D eigenvalue weighted by molar-refractivity contribution is 5.77. The number of aromatic nitrogens is 3. The molecule has 0 bridgehead atoms. The molecule has 0 saturated heterocycles. The van der Waals surface area contributed by atoms with Crippen molar-refractivity contribution in [2.45, 2.75) is 6.18 Å². The summed E-state index contributed by atoms with van der Waals surface area (Å²) in [6.07, 6.45) is -3.64. The summed E-state index contributed by atoms with van der Waals surface area (Å²) in [5, 5.41) is 11.6. The third kappa shape index (κ3) is 3.00. The molecule has 124 valence electrons. The Kier molecular flexibility index (Phi) is 3.84. The van der Waals surface area contributed by atoms with E-state index in [0.29, 0.717) is 5.69 Å². The number of alkyl halides is 3. The molecule has 24 heavy (non-hydrogen) atoms. The Morgan fingerprint density at radius 2 is 1.75 bits per heavy atom. The number of rotatable bonds is 3. The minimum atomic E-state index is -4.79. The van der Waals surface area contributed by atoms with Crippen molar-refractivity contribution < 1.29 is 17.6 Å². The van der Waals surface area contributed by atoms with Gasteiger partial charge in [-0.25, -0.2) is 4.39 Å². The second-order valence-corrected chi connectivity index (χ2v) is 4.94. The van der Waals surface area contributed by atoms with Crippen LogP contribution in [0.15, 0.2) is 42.6 Å². The maximum Gasteiger partial charge on any atom is 0.419 e. The summed E-state index contributed by atoms with van der Waals surface area (Å²) in [4.78, 5) is 0. The van der Waals surface area contributed by atoms with E-state index < -0.39 is 23.2 Å². The highest BCUT2D eigenvalue weighted by Crippen LogP contribution is 2.43. The smallest absolute Gasteiger partial charge is 0.399 e. The normalized spacial score (nSPS) is 11.5. The molecule has 0 spiro atoms. The van der Waals surface area contributed by atoms with Crippen LogP contribution >= 0.6 is 0 Å². The Bertz CT molecular complexity index is 842. The monoisotopic (exact) mass is 337 g/mol. The third-order valence-electron chi connectivity index (χ3n) is 3.33. The van der Waals surface area contributed by atoms with E-state index in [1.165, 1.54) is 24.3 Å². The van der Waals surface area contributed by atoms with E-state index in [4.69, 9.17) is 5.73 Å². The van der Waals surface area contributed by atoms with Crippen molar-refractivity contribution in [1.82, 2.24) is 15.4 Å². The first kappa shape index (κ1) is 15.8. The SMILES string of the molecule is Nc1ccc(-c2ccc(F)c(Nc3cn[nH]n3)c2C(F)(F)F)cc1. The Hall–Kier alpha value is -3.10. The number of nitrogen functional groups attached to an aromatic ring is 1. The summed E-state index contributed by atoms with van der Waals surface area (Å²) >= 11 is 0. The second-order valence-electron chi connectivity index (χ2n) is 4.94. The molecule has 0 aliphatic carbocycles. The van der Waals surface area contributed by atoms with Crippen molar-refractivity contribution in [3.63, 3.8) is 0 Å². The Labute approximate surface area is 133 Å². The van der Waals surface area contributed by atoms with E-state index >= 15 is 0 Å². The van der Waals surface area contributed by atoms with Crippen LogP contribution in [0.2, 0.25) is 0 Å². The van der Waals surface area contributed by atoms with Crippen LogP contribution < -0.4 is 11.1 Å². The van der Waals surface area contributed by atoms with Gasteiger partial charge in [-0.05, 0) is 29.3 Å². The summed E-state index contributed by atoms with van der Waals surface area (Å²) in [5.74, 6) is -1.08. The van der Waals surface area contributed by atoms with Crippen LogP contribution in [0.25, 0.3) is 11.1 Å². The molecule has 1 heterocycles. The van der Waals surface area contributed by atoms with Crippen LogP contribution in [0, 0.1) is 5.82 Å². The van der Waals surface area contributed by atoms with Gasteiger partial charge in [0.2, 0.25) is 0 Å². The summed E-state index contributed by atoms with van der Waals surface area (Å²) in [5.41, 5.74) is 4.22. The molecule has 0 aliphatic rings. The van der Waals surface area contributed by atoms with Crippen molar-refractivity contribution in [1.29, 1.82) is 0 Å². The molecule has 1 aromatic heterocycles. The van der Waals surface area contributed by atoms with Crippen LogP contribution in [-0.4, -0.2) is 15.4 Å². The zero-order chi connectivity index (χ0) is 17.3. The van der Waals surface area contributed by atoms with Crippen LogP contribution in [0.4, 0.5) is 34.8 Å². The van der Waals surface area contributed by atoms with Crippen molar-refractivity contribution in [3.05, 3.63) is 54.0 Å². The Morgan fingerprint density at radius 3 is 2.33 bits per heavy atom. The number of benzene rings is 2. The maximum absolute atomic E-state index is 14.1. The molecule has 9 heteroatoms. The van der Waals surface area contributed by atoms with Gasteiger partial charge in [0.15, 0.2) is 5.82 Å². The van der Waals surface area contributed by atoms with Crippen LogP contribution in [0.5, 0.6) is 0 Å². The van der Waals surface area contributed by atoms with Gasteiger partial charge in [0.25, 0.3) is 0 Å². The van der Waals surface area contributed by atoms with Crippen LogP contribution in [0.3, 0.4) is 0 Å². The fourth-order valence-corrected chi connectivity index (χ4v) is 2.29. The van der Waals surface area contributed by atoms with Gasteiger partial charge >= 0.3 is 6.18 Å². The van der Waals surface area contributed by atoms with Gasteiger partial charge in [-0.15, -0.1) is 5.10 Å². The molecule has 0 aliphatic heterocycles. The van der Waals surface area contributed by atoms with E-state index in [-0.39, 0.29) is 16.9 Å². The van der Waals surface area contributed by atoms with Crippen molar-refractivity contribution in [2.24, 2.45) is 0 Å². The largest absolute Gasteiger partial charge is 0.419 e. The summed E-state index contributed by atoms with van der Waals surface area (Å²) in [6, 6.07) is 7.88. The van der Waals surface area contributed by atoms with Gasteiger partial charge in [-0.2, -0.15) is 23.5 Å².